The van der Waals surface area contributed by atoms with Crippen molar-refractivity contribution in [3.8, 4) is 10.6 Å². The molecule has 6 heteroatoms. The zero-order chi connectivity index (χ0) is 17.5. The standard InChI is InChI=1S/C18H22N2O3S/c1-3-13-4-6-14(7-5-13)18-20-15(11-24-18)9-16(21)19-10-12(2)8-17(22)23/h4-7,11-12H,3,8-10H2,1-2H3,(H,19,21)(H,22,23). The molecule has 1 heterocycles. The summed E-state index contributed by atoms with van der Waals surface area (Å²) in [7, 11) is 0. The van der Waals surface area contributed by atoms with E-state index in [0.717, 1.165) is 22.7 Å². The van der Waals surface area contributed by atoms with Crippen LogP contribution in [0.2, 0.25) is 0 Å². The predicted octanol–water partition coefficient (Wildman–Crippen LogP) is 3.14. The number of carbonyl (C=O) groups excluding carboxylic acids is 1. The summed E-state index contributed by atoms with van der Waals surface area (Å²) in [6.45, 7) is 4.28. The lowest BCUT2D eigenvalue weighted by Crippen LogP contribution is -2.30. The molecule has 1 atom stereocenters. The fourth-order valence-corrected chi connectivity index (χ4v) is 3.11. The molecule has 1 unspecified atom stereocenters. The van der Waals surface area contributed by atoms with Crippen LogP contribution in [-0.4, -0.2) is 28.5 Å². The van der Waals surface area contributed by atoms with Gasteiger partial charge in [-0.2, -0.15) is 0 Å². The van der Waals surface area contributed by atoms with E-state index in [2.05, 4.69) is 41.5 Å². The topological polar surface area (TPSA) is 79.3 Å². The Kier molecular flexibility index (Phi) is 6.49. The van der Waals surface area contributed by atoms with Crippen LogP contribution in [0, 0.1) is 5.92 Å². The molecule has 0 saturated heterocycles. The highest BCUT2D eigenvalue weighted by Crippen LogP contribution is 2.24. The number of nitrogens with zero attached hydrogens (tertiary/aromatic N) is 1. The molecule has 0 bridgehead atoms. The smallest absolute Gasteiger partial charge is 0.303 e. The van der Waals surface area contributed by atoms with Crippen molar-refractivity contribution in [1.29, 1.82) is 0 Å². The second-order valence-corrected chi connectivity index (χ2v) is 6.74. The van der Waals surface area contributed by atoms with Crippen molar-refractivity contribution in [2.75, 3.05) is 6.54 Å². The van der Waals surface area contributed by atoms with Gasteiger partial charge >= 0.3 is 5.97 Å². The van der Waals surface area contributed by atoms with Gasteiger partial charge in [0, 0.05) is 23.9 Å². The van der Waals surface area contributed by atoms with Crippen molar-refractivity contribution >= 4 is 23.2 Å². The quantitative estimate of drug-likeness (QED) is 0.769. The van der Waals surface area contributed by atoms with Crippen LogP contribution in [-0.2, 0) is 22.4 Å². The van der Waals surface area contributed by atoms with E-state index in [1.54, 1.807) is 6.92 Å². The largest absolute Gasteiger partial charge is 0.481 e. The van der Waals surface area contributed by atoms with E-state index in [0.29, 0.717) is 6.54 Å². The van der Waals surface area contributed by atoms with Gasteiger partial charge in [-0.25, -0.2) is 4.98 Å². The molecule has 0 saturated carbocycles. The molecule has 2 N–H and O–H groups in total. The van der Waals surface area contributed by atoms with Gasteiger partial charge in [-0.15, -0.1) is 11.3 Å². The normalized spacial score (nSPS) is 11.9. The highest BCUT2D eigenvalue weighted by molar-refractivity contribution is 7.13. The van der Waals surface area contributed by atoms with Gasteiger partial charge in [-0.05, 0) is 17.9 Å². The molecule has 0 aliphatic rings. The van der Waals surface area contributed by atoms with Gasteiger partial charge in [0.15, 0.2) is 0 Å². The maximum atomic E-state index is 11.9. The second-order valence-electron chi connectivity index (χ2n) is 5.88. The van der Waals surface area contributed by atoms with Crippen LogP contribution in [0.5, 0.6) is 0 Å². The van der Waals surface area contributed by atoms with Crippen LogP contribution >= 0.6 is 11.3 Å². The average molecular weight is 346 g/mol. The Hall–Kier alpha value is -2.21. The minimum Gasteiger partial charge on any atom is -0.481 e. The Morgan fingerprint density at radius 3 is 2.62 bits per heavy atom. The van der Waals surface area contributed by atoms with Gasteiger partial charge in [-0.3, -0.25) is 9.59 Å². The summed E-state index contributed by atoms with van der Waals surface area (Å²) in [5.41, 5.74) is 3.07. The molecular formula is C18H22N2O3S. The first kappa shape index (κ1) is 18.1. The van der Waals surface area contributed by atoms with Crippen molar-refractivity contribution < 1.29 is 14.7 Å². The molecule has 24 heavy (non-hydrogen) atoms. The molecule has 0 aliphatic heterocycles. The average Bonchev–Trinajstić information content (AvgIpc) is 3.01. The Morgan fingerprint density at radius 2 is 2.00 bits per heavy atom. The van der Waals surface area contributed by atoms with Gasteiger partial charge in [0.25, 0.3) is 0 Å². The van der Waals surface area contributed by atoms with E-state index in [-0.39, 0.29) is 24.7 Å². The Morgan fingerprint density at radius 1 is 1.29 bits per heavy atom. The van der Waals surface area contributed by atoms with Crippen molar-refractivity contribution in [2.24, 2.45) is 5.92 Å². The maximum Gasteiger partial charge on any atom is 0.303 e. The Bertz CT molecular complexity index is 695. The Labute approximate surface area is 145 Å². The van der Waals surface area contributed by atoms with Crippen LogP contribution < -0.4 is 5.32 Å². The number of aryl methyl sites for hydroxylation is 1. The van der Waals surface area contributed by atoms with E-state index in [9.17, 15) is 9.59 Å². The van der Waals surface area contributed by atoms with Crippen molar-refractivity contribution in [3.05, 3.63) is 40.9 Å². The fraction of sp³-hybridized carbons (Fsp3) is 0.389. The third kappa shape index (κ3) is 5.45. The number of thiazole rings is 1. The van der Waals surface area contributed by atoms with Crippen LogP contribution in [0.1, 0.15) is 31.5 Å². The van der Waals surface area contributed by atoms with Crippen LogP contribution in [0.15, 0.2) is 29.6 Å². The van der Waals surface area contributed by atoms with Crippen molar-refractivity contribution in [2.45, 2.75) is 33.1 Å². The van der Waals surface area contributed by atoms with E-state index in [1.807, 2.05) is 5.38 Å². The van der Waals surface area contributed by atoms with E-state index < -0.39 is 5.97 Å². The first-order valence-electron chi connectivity index (χ1n) is 8.00. The summed E-state index contributed by atoms with van der Waals surface area (Å²) in [6, 6.07) is 8.28. The number of aliphatic carboxylic acids is 1. The lowest BCUT2D eigenvalue weighted by Gasteiger charge is -2.09. The number of carboxylic acids is 1. The first-order chi connectivity index (χ1) is 11.5. The number of amides is 1. The summed E-state index contributed by atoms with van der Waals surface area (Å²) in [6.07, 6.45) is 1.27. The van der Waals surface area contributed by atoms with Gasteiger partial charge in [0.05, 0.1) is 12.1 Å². The molecular weight excluding hydrogens is 324 g/mol. The molecule has 0 spiro atoms. The highest BCUT2D eigenvalue weighted by Gasteiger charge is 2.12. The summed E-state index contributed by atoms with van der Waals surface area (Å²) in [4.78, 5) is 27.1. The number of benzene rings is 1. The summed E-state index contributed by atoms with van der Waals surface area (Å²) in [5.74, 6) is -1.07. The third-order valence-corrected chi connectivity index (χ3v) is 4.61. The number of hydrogen-bond acceptors (Lipinski definition) is 4. The number of carbonyl (C=O) groups is 2. The molecule has 5 nitrogen and oxygen atoms in total. The lowest BCUT2D eigenvalue weighted by molar-refractivity contribution is -0.138. The molecule has 1 amide bonds. The van der Waals surface area contributed by atoms with Crippen molar-refractivity contribution in [1.82, 2.24) is 10.3 Å². The van der Waals surface area contributed by atoms with Gasteiger partial charge < -0.3 is 10.4 Å². The van der Waals surface area contributed by atoms with Gasteiger partial charge in [0.2, 0.25) is 5.91 Å². The minimum absolute atomic E-state index is 0.0505. The first-order valence-corrected chi connectivity index (χ1v) is 8.88. The summed E-state index contributed by atoms with van der Waals surface area (Å²) in [5, 5.41) is 14.3. The molecule has 0 fully saturated rings. The van der Waals surface area contributed by atoms with E-state index in [1.165, 1.54) is 16.9 Å². The third-order valence-electron chi connectivity index (χ3n) is 3.67. The van der Waals surface area contributed by atoms with E-state index >= 15 is 0 Å². The van der Waals surface area contributed by atoms with E-state index in [4.69, 9.17) is 5.11 Å². The summed E-state index contributed by atoms with van der Waals surface area (Å²) < 4.78 is 0. The van der Waals surface area contributed by atoms with Crippen molar-refractivity contribution in [3.63, 3.8) is 0 Å². The molecule has 0 aliphatic carbocycles. The lowest BCUT2D eigenvalue weighted by atomic mass is 10.1. The van der Waals surface area contributed by atoms with Crippen LogP contribution in [0.25, 0.3) is 10.6 Å². The second kappa shape index (κ2) is 8.59. The number of aromatic nitrogens is 1. The molecule has 0 radical (unpaired) electrons. The molecule has 128 valence electrons. The number of nitrogens with one attached hydrogen (secondary N) is 1. The molecule has 1 aromatic carbocycles. The Balaban J connectivity index is 1.88. The minimum atomic E-state index is -0.852. The highest BCUT2D eigenvalue weighted by atomic mass is 32.1. The molecule has 1 aromatic heterocycles. The van der Waals surface area contributed by atoms with Crippen LogP contribution in [0.4, 0.5) is 0 Å². The number of rotatable bonds is 8. The SMILES string of the molecule is CCc1ccc(-c2nc(CC(=O)NCC(C)CC(=O)O)cs2)cc1. The van der Waals surface area contributed by atoms with Gasteiger partial charge in [-0.1, -0.05) is 38.1 Å². The molecule has 2 aromatic rings. The zero-order valence-electron chi connectivity index (χ0n) is 13.9. The van der Waals surface area contributed by atoms with Gasteiger partial charge in [0.1, 0.15) is 5.01 Å². The predicted molar refractivity (Wildman–Crippen MR) is 95.1 cm³/mol. The number of carboxylic acid groups (broad SMARTS) is 1. The molecule has 2 rings (SSSR count). The zero-order valence-corrected chi connectivity index (χ0v) is 14.7. The fourth-order valence-electron chi connectivity index (χ4n) is 2.29. The van der Waals surface area contributed by atoms with Crippen LogP contribution in [0.3, 0.4) is 0 Å². The maximum absolute atomic E-state index is 11.9. The monoisotopic (exact) mass is 346 g/mol. The summed E-state index contributed by atoms with van der Waals surface area (Å²) >= 11 is 1.52. The number of hydrogen-bond donors (Lipinski definition) is 2.